The lowest BCUT2D eigenvalue weighted by Gasteiger charge is -2.25. The maximum Gasteiger partial charge on any atom is 0.254 e. The second kappa shape index (κ2) is 8.97. The Kier molecular flexibility index (Phi) is 6.41. The number of amides is 2. The number of nitrogens with one attached hydrogen (secondary N) is 1. The predicted molar refractivity (Wildman–Crippen MR) is 106 cm³/mol. The zero-order valence-electron chi connectivity index (χ0n) is 16.2. The van der Waals surface area contributed by atoms with E-state index in [2.05, 4.69) is 5.32 Å². The lowest BCUT2D eigenvalue weighted by molar-refractivity contribution is -0.117. The maximum atomic E-state index is 13.2. The topological polar surface area (TPSA) is 58.6 Å². The van der Waals surface area contributed by atoms with E-state index < -0.39 is 5.82 Å². The fourth-order valence-electron chi connectivity index (χ4n) is 3.28. The summed E-state index contributed by atoms with van der Waals surface area (Å²) >= 11 is 0. The van der Waals surface area contributed by atoms with Crippen molar-refractivity contribution < 1.29 is 18.7 Å². The van der Waals surface area contributed by atoms with E-state index in [1.165, 1.54) is 29.2 Å². The third-order valence-corrected chi connectivity index (χ3v) is 5.04. The average Bonchev–Trinajstić information content (AvgIpc) is 3.18. The van der Waals surface area contributed by atoms with Gasteiger partial charge in [-0.15, -0.1) is 0 Å². The molecule has 1 heterocycles. The molecular weight excluding hydrogens is 359 g/mol. The molecule has 1 saturated heterocycles. The number of hydrogen-bond donors (Lipinski definition) is 1. The Labute approximate surface area is 164 Å². The molecule has 0 aliphatic carbocycles. The lowest BCUT2D eigenvalue weighted by atomic mass is 10.1. The number of rotatable bonds is 6. The molecule has 1 fully saturated rings. The molecular formula is C22H25FN2O3. The van der Waals surface area contributed by atoms with E-state index in [1.807, 2.05) is 32.0 Å². The van der Waals surface area contributed by atoms with Gasteiger partial charge in [0.2, 0.25) is 5.91 Å². The van der Waals surface area contributed by atoms with Gasteiger partial charge in [-0.3, -0.25) is 9.59 Å². The van der Waals surface area contributed by atoms with Crippen molar-refractivity contribution in [3.8, 4) is 0 Å². The highest BCUT2D eigenvalue weighted by atomic mass is 19.1. The Morgan fingerprint density at radius 1 is 1.18 bits per heavy atom. The van der Waals surface area contributed by atoms with Crippen LogP contribution in [0, 0.1) is 19.7 Å². The minimum absolute atomic E-state index is 0.0853. The monoisotopic (exact) mass is 384 g/mol. The number of hydrogen-bond acceptors (Lipinski definition) is 3. The first-order chi connectivity index (χ1) is 13.4. The number of nitrogens with zero attached hydrogens (tertiary/aromatic N) is 1. The lowest BCUT2D eigenvalue weighted by Crippen LogP contribution is -2.42. The molecule has 0 saturated carbocycles. The summed E-state index contributed by atoms with van der Waals surface area (Å²) in [6, 6.07) is 11.1. The molecule has 5 nitrogen and oxygen atoms in total. The highest BCUT2D eigenvalue weighted by Crippen LogP contribution is 2.19. The van der Waals surface area contributed by atoms with E-state index in [4.69, 9.17) is 4.74 Å². The molecule has 0 spiro atoms. The zero-order chi connectivity index (χ0) is 20.1. The van der Waals surface area contributed by atoms with Crippen LogP contribution in [0.2, 0.25) is 0 Å². The van der Waals surface area contributed by atoms with Gasteiger partial charge in [0.05, 0.1) is 6.10 Å². The van der Waals surface area contributed by atoms with Crippen LogP contribution < -0.4 is 5.32 Å². The molecule has 1 atom stereocenters. The summed E-state index contributed by atoms with van der Waals surface area (Å²) in [7, 11) is 0. The first-order valence-electron chi connectivity index (χ1n) is 9.46. The van der Waals surface area contributed by atoms with Gasteiger partial charge >= 0.3 is 0 Å². The van der Waals surface area contributed by atoms with Gasteiger partial charge in [-0.05, 0) is 68.1 Å². The van der Waals surface area contributed by atoms with E-state index >= 15 is 0 Å². The highest BCUT2D eigenvalue weighted by Gasteiger charge is 2.25. The van der Waals surface area contributed by atoms with Crippen molar-refractivity contribution in [3.63, 3.8) is 0 Å². The summed E-state index contributed by atoms with van der Waals surface area (Å²) in [5.41, 5.74) is 3.15. The summed E-state index contributed by atoms with van der Waals surface area (Å²) in [5.74, 6) is -0.997. The van der Waals surface area contributed by atoms with Crippen molar-refractivity contribution >= 4 is 17.5 Å². The first kappa shape index (κ1) is 20.0. The summed E-state index contributed by atoms with van der Waals surface area (Å²) in [6.07, 6.45) is 1.71. The van der Waals surface area contributed by atoms with Crippen LogP contribution in [0.4, 0.5) is 10.1 Å². The Balaban J connectivity index is 1.74. The molecule has 0 radical (unpaired) electrons. The second-order valence-electron chi connectivity index (χ2n) is 7.12. The number of halogens is 1. The van der Waals surface area contributed by atoms with Crippen LogP contribution in [-0.4, -0.2) is 42.5 Å². The highest BCUT2D eigenvalue weighted by molar-refractivity contribution is 5.99. The van der Waals surface area contributed by atoms with E-state index in [0.717, 1.165) is 29.7 Å². The summed E-state index contributed by atoms with van der Waals surface area (Å²) in [6.45, 7) is 4.82. The van der Waals surface area contributed by atoms with Crippen molar-refractivity contribution in [2.24, 2.45) is 0 Å². The molecule has 3 rings (SSSR count). The molecule has 0 aromatic heterocycles. The van der Waals surface area contributed by atoms with Gasteiger partial charge in [-0.2, -0.15) is 0 Å². The van der Waals surface area contributed by atoms with E-state index in [0.29, 0.717) is 18.7 Å². The first-order valence-corrected chi connectivity index (χ1v) is 9.46. The smallest absolute Gasteiger partial charge is 0.254 e. The Bertz CT molecular complexity index is 845. The predicted octanol–water partition coefficient (Wildman–Crippen LogP) is 3.70. The number of ether oxygens (including phenoxy) is 1. The van der Waals surface area contributed by atoms with Crippen molar-refractivity contribution in [2.45, 2.75) is 32.8 Å². The van der Waals surface area contributed by atoms with Gasteiger partial charge in [0.25, 0.3) is 5.91 Å². The fraction of sp³-hybridized carbons (Fsp3) is 0.364. The van der Waals surface area contributed by atoms with Crippen molar-refractivity contribution in [1.82, 2.24) is 4.90 Å². The summed E-state index contributed by atoms with van der Waals surface area (Å²) in [5, 5.41) is 2.89. The molecule has 2 amide bonds. The summed E-state index contributed by atoms with van der Waals surface area (Å²) < 4.78 is 18.8. The molecule has 0 bridgehead atoms. The van der Waals surface area contributed by atoms with Gasteiger partial charge in [0, 0.05) is 24.4 Å². The van der Waals surface area contributed by atoms with Crippen LogP contribution in [0.3, 0.4) is 0 Å². The zero-order valence-corrected chi connectivity index (χ0v) is 16.2. The van der Waals surface area contributed by atoms with Gasteiger partial charge in [-0.1, -0.05) is 12.1 Å². The summed E-state index contributed by atoms with van der Waals surface area (Å²) in [4.78, 5) is 27.0. The molecule has 6 heteroatoms. The number of carbonyl (C=O) groups is 2. The third kappa shape index (κ3) is 4.95. The fourth-order valence-corrected chi connectivity index (χ4v) is 3.28. The average molecular weight is 384 g/mol. The standard InChI is InChI=1S/C22H25FN2O3/c1-15-5-3-7-20(16(15)2)24-21(26)14-25(13-19-6-4-12-28-19)22(27)17-8-10-18(23)11-9-17/h3,5,7-11,19H,4,6,12-14H2,1-2H3,(H,24,26)/t19-/m1/s1. The number of carbonyl (C=O) groups excluding carboxylic acids is 2. The van der Waals surface area contributed by atoms with Gasteiger partial charge in [-0.25, -0.2) is 4.39 Å². The largest absolute Gasteiger partial charge is 0.376 e. The van der Waals surface area contributed by atoms with E-state index in [1.54, 1.807) is 0 Å². The quantitative estimate of drug-likeness (QED) is 0.826. The van der Waals surface area contributed by atoms with Gasteiger partial charge < -0.3 is 15.0 Å². The molecule has 1 N–H and O–H groups in total. The Morgan fingerprint density at radius 3 is 2.61 bits per heavy atom. The second-order valence-corrected chi connectivity index (χ2v) is 7.12. The SMILES string of the molecule is Cc1cccc(NC(=O)CN(C[C@H]2CCCO2)C(=O)c2ccc(F)cc2)c1C. The van der Waals surface area contributed by atoms with Crippen LogP contribution in [0.1, 0.15) is 34.3 Å². The minimum Gasteiger partial charge on any atom is -0.376 e. The Hall–Kier alpha value is -2.73. The molecule has 148 valence electrons. The van der Waals surface area contributed by atoms with Crippen LogP contribution in [0.25, 0.3) is 0 Å². The molecule has 2 aromatic carbocycles. The molecule has 2 aromatic rings. The van der Waals surface area contributed by atoms with Gasteiger partial charge in [0.15, 0.2) is 0 Å². The molecule has 1 aliphatic rings. The van der Waals surface area contributed by atoms with Crippen LogP contribution in [0.5, 0.6) is 0 Å². The van der Waals surface area contributed by atoms with Gasteiger partial charge in [0.1, 0.15) is 12.4 Å². The van der Waals surface area contributed by atoms with Crippen LogP contribution in [0.15, 0.2) is 42.5 Å². The molecule has 1 aliphatic heterocycles. The van der Waals surface area contributed by atoms with Crippen molar-refractivity contribution in [1.29, 1.82) is 0 Å². The minimum atomic E-state index is -0.408. The number of benzene rings is 2. The molecule has 0 unspecified atom stereocenters. The van der Waals surface area contributed by atoms with Crippen molar-refractivity contribution in [3.05, 3.63) is 65.0 Å². The number of aryl methyl sites for hydroxylation is 1. The normalized spacial score (nSPS) is 16.0. The van der Waals surface area contributed by atoms with E-state index in [9.17, 15) is 14.0 Å². The number of anilines is 1. The third-order valence-electron chi connectivity index (χ3n) is 5.04. The molecule has 28 heavy (non-hydrogen) atoms. The van der Waals surface area contributed by atoms with Crippen LogP contribution >= 0.6 is 0 Å². The van der Waals surface area contributed by atoms with Crippen molar-refractivity contribution in [2.75, 3.05) is 25.0 Å². The maximum absolute atomic E-state index is 13.2. The van der Waals surface area contributed by atoms with Crippen LogP contribution in [-0.2, 0) is 9.53 Å². The Morgan fingerprint density at radius 2 is 1.93 bits per heavy atom. The van der Waals surface area contributed by atoms with E-state index in [-0.39, 0.29) is 24.5 Å².